The molecular weight excluding hydrogens is 350 g/mol. The Balaban J connectivity index is 1.83. The molecule has 0 aliphatic carbocycles. The predicted octanol–water partition coefficient (Wildman–Crippen LogP) is 2.69. The van der Waals surface area contributed by atoms with E-state index in [1.807, 2.05) is 26.0 Å². The number of rotatable bonds is 8. The number of hydrogen-bond acceptors (Lipinski definition) is 6. The van der Waals surface area contributed by atoms with Crippen LogP contribution in [0.15, 0.2) is 36.4 Å². The lowest BCUT2D eigenvalue weighted by molar-refractivity contribution is -0.149. The fourth-order valence-electron chi connectivity index (χ4n) is 2.27. The van der Waals surface area contributed by atoms with Gasteiger partial charge in [-0.15, -0.1) is 0 Å². The molecule has 7 nitrogen and oxygen atoms in total. The molecule has 0 saturated heterocycles. The maximum atomic E-state index is 11.9. The van der Waals surface area contributed by atoms with Crippen molar-refractivity contribution in [3.63, 3.8) is 0 Å². The third-order valence-electron chi connectivity index (χ3n) is 3.91. The predicted molar refractivity (Wildman–Crippen MR) is 99.4 cm³/mol. The molecule has 0 aliphatic heterocycles. The fraction of sp³-hybridized carbons (Fsp3) is 0.250. The molecule has 2 aromatic carbocycles. The van der Waals surface area contributed by atoms with Crippen molar-refractivity contribution in [1.29, 1.82) is 0 Å². The quantitative estimate of drug-likeness (QED) is 0.567. The van der Waals surface area contributed by atoms with Gasteiger partial charge in [0.25, 0.3) is 5.91 Å². The van der Waals surface area contributed by atoms with Crippen LogP contribution in [0.5, 0.6) is 11.5 Å². The van der Waals surface area contributed by atoms with Crippen molar-refractivity contribution < 1.29 is 28.6 Å². The number of amides is 1. The van der Waals surface area contributed by atoms with Gasteiger partial charge in [-0.25, -0.2) is 4.79 Å². The van der Waals surface area contributed by atoms with Crippen molar-refractivity contribution in [2.24, 2.45) is 0 Å². The summed E-state index contributed by atoms with van der Waals surface area (Å²) < 4.78 is 15.3. The highest BCUT2D eigenvalue weighted by molar-refractivity contribution is 5.93. The number of ether oxygens (including phenoxy) is 3. The van der Waals surface area contributed by atoms with E-state index in [1.54, 1.807) is 6.07 Å². The summed E-state index contributed by atoms with van der Waals surface area (Å²) in [5, 5.41) is 2.70. The Labute approximate surface area is 157 Å². The third kappa shape index (κ3) is 5.57. The fourth-order valence-corrected chi connectivity index (χ4v) is 2.27. The number of esters is 1. The second-order valence-corrected chi connectivity index (χ2v) is 5.77. The first kappa shape index (κ1) is 20.0. The largest absolute Gasteiger partial charge is 0.493 e. The molecule has 0 bridgehead atoms. The van der Waals surface area contributed by atoms with Gasteiger partial charge in [0.1, 0.15) is 6.29 Å². The Morgan fingerprint density at radius 2 is 1.85 bits per heavy atom. The first-order chi connectivity index (χ1) is 12.9. The molecule has 1 amide bonds. The van der Waals surface area contributed by atoms with E-state index in [4.69, 9.17) is 14.2 Å². The summed E-state index contributed by atoms with van der Waals surface area (Å²) >= 11 is 0. The van der Waals surface area contributed by atoms with Crippen LogP contribution in [0, 0.1) is 13.8 Å². The molecule has 142 valence electrons. The van der Waals surface area contributed by atoms with Crippen LogP contribution in [0.4, 0.5) is 5.69 Å². The summed E-state index contributed by atoms with van der Waals surface area (Å²) in [5.74, 6) is -0.530. The van der Waals surface area contributed by atoms with Gasteiger partial charge in [0.15, 0.2) is 24.7 Å². The lowest BCUT2D eigenvalue weighted by Gasteiger charge is -2.12. The van der Waals surface area contributed by atoms with E-state index in [1.165, 1.54) is 25.3 Å². The van der Waals surface area contributed by atoms with Crippen LogP contribution >= 0.6 is 0 Å². The minimum absolute atomic E-state index is 0.292. The Morgan fingerprint density at radius 1 is 1.07 bits per heavy atom. The monoisotopic (exact) mass is 371 g/mol. The smallest absolute Gasteiger partial charge is 0.344 e. The zero-order valence-electron chi connectivity index (χ0n) is 15.4. The van der Waals surface area contributed by atoms with Crippen LogP contribution < -0.4 is 14.8 Å². The molecule has 0 unspecified atom stereocenters. The van der Waals surface area contributed by atoms with E-state index in [0.29, 0.717) is 29.0 Å². The van der Waals surface area contributed by atoms with Crippen molar-refractivity contribution in [1.82, 2.24) is 0 Å². The first-order valence-corrected chi connectivity index (χ1v) is 8.22. The zero-order chi connectivity index (χ0) is 19.8. The molecule has 2 rings (SSSR count). The summed E-state index contributed by atoms with van der Waals surface area (Å²) in [7, 11) is 1.42. The van der Waals surface area contributed by atoms with Crippen LogP contribution in [-0.2, 0) is 14.3 Å². The number of nitrogens with one attached hydrogen (secondary N) is 1. The van der Waals surface area contributed by atoms with E-state index >= 15 is 0 Å². The normalized spacial score (nSPS) is 10.0. The van der Waals surface area contributed by atoms with E-state index in [-0.39, 0.29) is 0 Å². The van der Waals surface area contributed by atoms with Crippen molar-refractivity contribution in [2.45, 2.75) is 13.8 Å². The average Bonchev–Trinajstić information content (AvgIpc) is 2.68. The van der Waals surface area contributed by atoms with Crippen LogP contribution in [0.1, 0.15) is 21.5 Å². The van der Waals surface area contributed by atoms with Crippen LogP contribution in [0.3, 0.4) is 0 Å². The second kappa shape index (κ2) is 9.38. The minimum atomic E-state index is -0.701. The third-order valence-corrected chi connectivity index (χ3v) is 3.91. The topological polar surface area (TPSA) is 90.9 Å². The summed E-state index contributed by atoms with van der Waals surface area (Å²) in [6.45, 7) is 3.02. The number of hydrogen-bond donors (Lipinski definition) is 1. The highest BCUT2D eigenvalue weighted by atomic mass is 16.6. The molecule has 0 atom stereocenters. The Kier molecular flexibility index (Phi) is 6.93. The van der Waals surface area contributed by atoms with Crippen LogP contribution in [0.25, 0.3) is 0 Å². The lowest BCUT2D eigenvalue weighted by atomic mass is 10.1. The number of benzene rings is 2. The Morgan fingerprint density at radius 3 is 2.56 bits per heavy atom. The first-order valence-electron chi connectivity index (χ1n) is 8.22. The van der Waals surface area contributed by atoms with Crippen LogP contribution in [0.2, 0.25) is 0 Å². The average molecular weight is 371 g/mol. The number of carbonyl (C=O) groups excluding carboxylic acids is 3. The minimum Gasteiger partial charge on any atom is -0.493 e. The summed E-state index contributed by atoms with van der Waals surface area (Å²) in [6.07, 6.45) is 0.676. The van der Waals surface area contributed by atoms with Crippen molar-refractivity contribution in [2.75, 3.05) is 25.6 Å². The SMILES string of the molecule is COc1cc(C=O)ccc1OCC(=O)OCC(=O)Nc1cccc(C)c1C. The van der Waals surface area contributed by atoms with E-state index in [9.17, 15) is 14.4 Å². The molecule has 0 radical (unpaired) electrons. The molecule has 0 aliphatic rings. The van der Waals surface area contributed by atoms with Gasteiger partial charge >= 0.3 is 5.97 Å². The molecular formula is C20H21NO6. The maximum absolute atomic E-state index is 11.9. The van der Waals surface area contributed by atoms with Gasteiger partial charge in [-0.2, -0.15) is 0 Å². The zero-order valence-corrected chi connectivity index (χ0v) is 15.4. The Hall–Kier alpha value is -3.35. The van der Waals surface area contributed by atoms with E-state index in [2.05, 4.69) is 5.32 Å². The van der Waals surface area contributed by atoms with Crippen LogP contribution in [-0.4, -0.2) is 38.5 Å². The van der Waals surface area contributed by atoms with Gasteiger partial charge in [0.2, 0.25) is 0 Å². The molecule has 0 spiro atoms. The summed E-state index contributed by atoms with van der Waals surface area (Å²) in [4.78, 5) is 34.5. The van der Waals surface area contributed by atoms with E-state index in [0.717, 1.165) is 11.1 Å². The van der Waals surface area contributed by atoms with Gasteiger partial charge in [-0.05, 0) is 49.2 Å². The second-order valence-electron chi connectivity index (χ2n) is 5.77. The van der Waals surface area contributed by atoms with Crippen molar-refractivity contribution >= 4 is 23.9 Å². The summed E-state index contributed by atoms with van der Waals surface area (Å²) in [5.41, 5.74) is 3.09. The lowest BCUT2D eigenvalue weighted by Crippen LogP contribution is -2.24. The number of methoxy groups -OCH3 is 1. The van der Waals surface area contributed by atoms with Gasteiger partial charge in [-0.3, -0.25) is 9.59 Å². The Bertz CT molecular complexity index is 846. The van der Waals surface area contributed by atoms with Crippen molar-refractivity contribution in [3.05, 3.63) is 53.1 Å². The summed E-state index contributed by atoms with van der Waals surface area (Å²) in [6, 6.07) is 10.1. The molecule has 0 fully saturated rings. The van der Waals surface area contributed by atoms with Gasteiger partial charge in [-0.1, -0.05) is 12.1 Å². The number of aryl methyl sites for hydroxylation is 1. The molecule has 0 saturated carbocycles. The maximum Gasteiger partial charge on any atom is 0.344 e. The van der Waals surface area contributed by atoms with E-state index < -0.39 is 25.1 Å². The van der Waals surface area contributed by atoms with Gasteiger partial charge < -0.3 is 19.5 Å². The highest BCUT2D eigenvalue weighted by Crippen LogP contribution is 2.27. The van der Waals surface area contributed by atoms with Gasteiger partial charge in [0.05, 0.1) is 7.11 Å². The number of aldehydes is 1. The standard InChI is InChI=1S/C20H21NO6/c1-13-5-4-6-16(14(13)2)21-19(23)11-27-20(24)12-26-17-8-7-15(10-22)9-18(17)25-3/h4-10H,11-12H2,1-3H3,(H,21,23). The molecule has 0 heterocycles. The van der Waals surface area contributed by atoms with Gasteiger partial charge in [0, 0.05) is 11.3 Å². The molecule has 1 N–H and O–H groups in total. The molecule has 27 heavy (non-hydrogen) atoms. The number of carbonyl (C=O) groups is 3. The number of anilines is 1. The van der Waals surface area contributed by atoms with Crippen molar-refractivity contribution in [3.8, 4) is 11.5 Å². The highest BCUT2D eigenvalue weighted by Gasteiger charge is 2.12. The molecule has 7 heteroatoms. The molecule has 0 aromatic heterocycles. The molecule has 2 aromatic rings.